The van der Waals surface area contributed by atoms with Gasteiger partial charge in [-0.15, -0.1) is 0 Å². The van der Waals surface area contributed by atoms with Crippen molar-refractivity contribution < 1.29 is 43.1 Å². The summed E-state index contributed by atoms with van der Waals surface area (Å²) < 4.78 is 27.4. The van der Waals surface area contributed by atoms with Crippen molar-refractivity contribution in [2.24, 2.45) is 0 Å². The fourth-order valence-corrected chi connectivity index (χ4v) is 2.26. The number of nitrogens with zero attached hydrogens (tertiary/aromatic N) is 1. The molecule has 0 fully saturated rings. The van der Waals surface area contributed by atoms with E-state index >= 15 is 0 Å². The number of benzene rings is 2. The fraction of sp³-hybridized carbons (Fsp3) is 0. The van der Waals surface area contributed by atoms with Gasteiger partial charge in [0.15, 0.2) is 5.75 Å². The third kappa shape index (κ3) is 3.70. The third-order valence-corrected chi connectivity index (χ3v) is 3.50. The second-order valence-corrected chi connectivity index (χ2v) is 5.08. The zero-order chi connectivity index (χ0) is 13.9. The molecule has 0 aliphatic carbocycles. The number of para-hydroxylation sites is 1. The molecule has 1 aromatic heterocycles. The van der Waals surface area contributed by atoms with E-state index in [-0.39, 0.29) is 34.5 Å². The van der Waals surface area contributed by atoms with E-state index in [0.29, 0.717) is 11.5 Å². The average Bonchev–Trinajstić information content (AvgIpc) is 2.48. The molecule has 0 aliphatic heterocycles. The maximum absolute atomic E-state index is 10.8. The molecule has 0 N–H and O–H groups in total. The summed E-state index contributed by atoms with van der Waals surface area (Å²) in [6.45, 7) is 0. The summed E-state index contributed by atoms with van der Waals surface area (Å²) in [7, 11) is 0. The Morgan fingerprint density at radius 3 is 2.43 bits per heavy atom. The quantitative estimate of drug-likeness (QED) is 0.515. The molecular weight excluding hydrogens is 297 g/mol. The number of aromatic nitrogens is 1. The molecule has 100 valence electrons. The molecule has 0 radical (unpaired) electrons. The largest absolute Gasteiger partial charge is 1.00 e. The van der Waals surface area contributed by atoms with Gasteiger partial charge in [-0.1, -0.05) is 18.2 Å². The van der Waals surface area contributed by atoms with Crippen LogP contribution in [0.5, 0.6) is 11.5 Å². The molecule has 0 aliphatic rings. The van der Waals surface area contributed by atoms with E-state index in [2.05, 4.69) is 4.98 Å². The number of pyridine rings is 1. The number of hydrogen-bond acceptors (Lipinski definition) is 4. The van der Waals surface area contributed by atoms with Crippen molar-refractivity contribution in [3.63, 3.8) is 0 Å². The van der Waals surface area contributed by atoms with Crippen LogP contribution in [0.25, 0.3) is 10.9 Å². The van der Waals surface area contributed by atoms with Crippen molar-refractivity contribution in [3.8, 4) is 11.5 Å². The van der Waals surface area contributed by atoms with Gasteiger partial charge < -0.3 is 9.29 Å². The van der Waals surface area contributed by atoms with Gasteiger partial charge in [0.1, 0.15) is 11.3 Å². The minimum absolute atomic E-state index is 0. The molecule has 0 bridgehead atoms. The summed E-state index contributed by atoms with van der Waals surface area (Å²) in [6.07, 6.45) is 1.71. The van der Waals surface area contributed by atoms with Crippen LogP contribution in [0.15, 0.2) is 65.7 Å². The molecule has 6 heteroatoms. The smallest absolute Gasteiger partial charge is 0.768 e. The van der Waals surface area contributed by atoms with Crippen molar-refractivity contribution in [3.05, 3.63) is 60.8 Å². The number of rotatable bonds is 3. The van der Waals surface area contributed by atoms with E-state index in [0.717, 1.165) is 10.9 Å². The average molecular weight is 307 g/mol. The molecule has 3 rings (SSSR count). The first-order valence-electron chi connectivity index (χ1n) is 5.95. The summed E-state index contributed by atoms with van der Waals surface area (Å²) >= 11 is -2.22. The standard InChI is InChI=1S/C15H11NO3S.Na/c17-20(18)13-8-6-12(7-9-13)19-14-5-1-3-11-4-2-10-16-15(11)14;/h1-10H,(H,17,18);/q;+1/p-1. The van der Waals surface area contributed by atoms with E-state index in [9.17, 15) is 8.76 Å². The molecule has 1 unspecified atom stereocenters. The predicted molar refractivity (Wildman–Crippen MR) is 75.4 cm³/mol. The van der Waals surface area contributed by atoms with Crippen LogP contribution in [0.2, 0.25) is 0 Å². The van der Waals surface area contributed by atoms with Gasteiger partial charge in [-0.2, -0.15) is 0 Å². The molecule has 0 spiro atoms. The van der Waals surface area contributed by atoms with Gasteiger partial charge in [0, 0.05) is 16.5 Å². The first kappa shape index (κ1) is 16.1. The Kier molecular flexibility index (Phi) is 5.50. The normalized spacial score (nSPS) is 11.7. The summed E-state index contributed by atoms with van der Waals surface area (Å²) in [5.74, 6) is 1.21. The Hall–Kier alpha value is -1.24. The van der Waals surface area contributed by atoms with Gasteiger partial charge in [0.05, 0.1) is 0 Å². The van der Waals surface area contributed by atoms with E-state index in [1.807, 2.05) is 30.3 Å². The van der Waals surface area contributed by atoms with Crippen molar-refractivity contribution in [2.75, 3.05) is 0 Å². The molecule has 1 heterocycles. The van der Waals surface area contributed by atoms with Crippen molar-refractivity contribution >= 4 is 22.0 Å². The van der Waals surface area contributed by atoms with Gasteiger partial charge in [-0.25, -0.2) is 0 Å². The monoisotopic (exact) mass is 307 g/mol. The Balaban J connectivity index is 0.00000161. The van der Waals surface area contributed by atoms with Crippen molar-refractivity contribution in [1.82, 2.24) is 4.98 Å². The summed E-state index contributed by atoms with van der Waals surface area (Å²) in [5.41, 5.74) is 0.770. The maximum Gasteiger partial charge on any atom is 1.00 e. The zero-order valence-corrected chi connectivity index (χ0v) is 14.2. The van der Waals surface area contributed by atoms with Crippen LogP contribution in [0, 0.1) is 0 Å². The van der Waals surface area contributed by atoms with Gasteiger partial charge in [0.2, 0.25) is 0 Å². The van der Waals surface area contributed by atoms with Crippen molar-refractivity contribution in [1.29, 1.82) is 0 Å². The zero-order valence-electron chi connectivity index (χ0n) is 11.4. The van der Waals surface area contributed by atoms with E-state index in [1.165, 1.54) is 12.1 Å². The maximum atomic E-state index is 10.8. The van der Waals surface area contributed by atoms with E-state index < -0.39 is 11.1 Å². The second kappa shape index (κ2) is 7.15. The first-order chi connectivity index (χ1) is 9.74. The van der Waals surface area contributed by atoms with Crippen LogP contribution in [0.3, 0.4) is 0 Å². The SMILES string of the molecule is O=S([O-])c1ccc(Oc2cccc3cccnc23)cc1.[Na+]. The molecular formula is C15H10NNaO3S. The third-order valence-electron chi connectivity index (χ3n) is 2.84. The first-order valence-corrected chi connectivity index (χ1v) is 7.02. The van der Waals surface area contributed by atoms with Crippen molar-refractivity contribution in [2.45, 2.75) is 4.90 Å². The summed E-state index contributed by atoms with van der Waals surface area (Å²) in [6, 6.07) is 15.7. The Bertz CT molecular complexity index is 772. The Labute approximate surface area is 146 Å². The molecule has 0 saturated heterocycles. The molecule has 4 nitrogen and oxygen atoms in total. The fourth-order valence-electron chi connectivity index (χ4n) is 1.90. The van der Waals surface area contributed by atoms with E-state index in [1.54, 1.807) is 18.3 Å². The Morgan fingerprint density at radius 2 is 1.71 bits per heavy atom. The Morgan fingerprint density at radius 1 is 1.00 bits per heavy atom. The molecule has 0 saturated carbocycles. The van der Waals surface area contributed by atoms with Crippen LogP contribution in [0.4, 0.5) is 0 Å². The van der Waals surface area contributed by atoms with Crippen LogP contribution < -0.4 is 34.3 Å². The van der Waals surface area contributed by atoms with Gasteiger partial charge in [-0.05, 0) is 47.5 Å². The number of hydrogen-bond donors (Lipinski definition) is 0. The predicted octanol–water partition coefficient (Wildman–Crippen LogP) is 0.269. The molecule has 0 amide bonds. The minimum atomic E-state index is -2.22. The second-order valence-electron chi connectivity index (χ2n) is 4.14. The molecule has 21 heavy (non-hydrogen) atoms. The minimum Gasteiger partial charge on any atom is -0.768 e. The summed E-state index contributed by atoms with van der Waals surface area (Å²) in [5, 5.41) is 0.988. The van der Waals surface area contributed by atoms with Crippen LogP contribution in [-0.2, 0) is 11.1 Å². The molecule has 3 aromatic rings. The van der Waals surface area contributed by atoms with Crippen LogP contribution in [-0.4, -0.2) is 13.7 Å². The number of fused-ring (bicyclic) bond motifs is 1. The summed E-state index contributed by atoms with van der Waals surface area (Å²) in [4.78, 5) is 4.53. The van der Waals surface area contributed by atoms with E-state index in [4.69, 9.17) is 4.74 Å². The van der Waals surface area contributed by atoms with Crippen LogP contribution >= 0.6 is 0 Å². The van der Waals surface area contributed by atoms with Gasteiger partial charge in [0.25, 0.3) is 0 Å². The van der Waals surface area contributed by atoms with Crippen LogP contribution in [0.1, 0.15) is 0 Å². The number of ether oxygens (including phenoxy) is 1. The van der Waals surface area contributed by atoms with Gasteiger partial charge in [-0.3, -0.25) is 9.19 Å². The van der Waals surface area contributed by atoms with Gasteiger partial charge >= 0.3 is 29.6 Å². The molecule has 1 atom stereocenters. The topological polar surface area (TPSA) is 62.2 Å². The molecule has 2 aromatic carbocycles.